The number of H-pyrrole nitrogens is 2. The summed E-state index contributed by atoms with van der Waals surface area (Å²) in [5.74, 6) is -0.309. The van der Waals surface area contributed by atoms with Crippen molar-refractivity contribution < 1.29 is 62.6 Å². The standard InChI is InChI=1S/C13H14N2.2C9H7NO4S.3H2O/c1(2-12-4-8-14-9-5-12)3-13-6-10-15-11-7-13;2*11-7-3-4-8(15(12,13)14)6-2-1-5-10-9(6)7;;;/h4-11H,1-3H2;2*1-5,11H,(H,12,13,14);3*1H2. The maximum Gasteiger partial charge on any atom is 0.167 e. The number of phenolic OH excluding ortho intramolecular Hbond substituents is 2. The molecule has 10 N–H and O–H groups in total. The van der Waals surface area contributed by atoms with Crippen molar-refractivity contribution in [2.45, 2.75) is 29.1 Å². The van der Waals surface area contributed by atoms with Crippen LogP contribution >= 0.6 is 0 Å². The van der Waals surface area contributed by atoms with E-state index in [0.29, 0.717) is 0 Å². The summed E-state index contributed by atoms with van der Waals surface area (Å²) in [6.45, 7) is 0. The van der Waals surface area contributed by atoms with Crippen molar-refractivity contribution in [2.75, 3.05) is 0 Å². The monoisotopic (exact) mass is 702 g/mol. The van der Waals surface area contributed by atoms with Gasteiger partial charge in [-0.15, -0.1) is 0 Å². The summed E-state index contributed by atoms with van der Waals surface area (Å²) >= 11 is 0. The molecule has 0 amide bonds. The Balaban J connectivity index is 0.000000349. The summed E-state index contributed by atoms with van der Waals surface area (Å²) in [4.78, 5) is 12.9. The van der Waals surface area contributed by atoms with Crippen molar-refractivity contribution >= 4 is 42.0 Å². The normalized spacial score (nSPS) is 10.5. The van der Waals surface area contributed by atoms with Gasteiger partial charge >= 0.3 is 0 Å². The molecule has 4 heterocycles. The second-order valence-electron chi connectivity index (χ2n) is 9.54. The molecule has 4 aromatic heterocycles. The predicted molar refractivity (Wildman–Crippen MR) is 172 cm³/mol. The van der Waals surface area contributed by atoms with E-state index in [1.807, 2.05) is 24.8 Å². The van der Waals surface area contributed by atoms with Crippen molar-refractivity contribution in [1.82, 2.24) is 9.97 Å². The van der Waals surface area contributed by atoms with Crippen LogP contribution in [0.5, 0.6) is 11.5 Å². The number of hydrogen-bond donors (Lipinski definition) is 2. The molecule has 0 spiro atoms. The molecule has 15 nitrogen and oxygen atoms in total. The van der Waals surface area contributed by atoms with Crippen LogP contribution in [-0.2, 0) is 33.1 Å². The Morgan fingerprint density at radius 1 is 0.562 bits per heavy atom. The molecule has 6 aromatic rings. The summed E-state index contributed by atoms with van der Waals surface area (Å²) in [7, 11) is -9.09. The van der Waals surface area contributed by atoms with Crippen LogP contribution in [0.25, 0.3) is 21.8 Å². The number of aromatic nitrogens is 4. The van der Waals surface area contributed by atoms with Gasteiger partial charge in [-0.1, -0.05) is 0 Å². The lowest BCUT2D eigenvalue weighted by atomic mass is 10.1. The molecule has 0 fully saturated rings. The summed E-state index contributed by atoms with van der Waals surface area (Å²) in [5.41, 5.74) is 3.01. The minimum absolute atomic E-state index is 0. The van der Waals surface area contributed by atoms with Gasteiger partial charge in [-0.3, -0.25) is 9.97 Å². The van der Waals surface area contributed by atoms with E-state index in [1.165, 1.54) is 54.2 Å². The molecule has 0 aliphatic rings. The zero-order valence-electron chi connectivity index (χ0n) is 25.1. The fourth-order valence-electron chi connectivity index (χ4n) is 4.37. The summed E-state index contributed by atoms with van der Waals surface area (Å²) in [6, 6.07) is 18.8. The minimum atomic E-state index is -4.55. The summed E-state index contributed by atoms with van der Waals surface area (Å²) < 4.78 is 65.4. The smallest absolute Gasteiger partial charge is 0.167 e. The van der Waals surface area contributed by atoms with Crippen LogP contribution in [0.4, 0.5) is 0 Å². The van der Waals surface area contributed by atoms with E-state index < -0.39 is 20.2 Å². The van der Waals surface area contributed by atoms with E-state index in [1.54, 1.807) is 0 Å². The fourth-order valence-corrected chi connectivity index (χ4v) is 5.71. The second kappa shape index (κ2) is 18.3. The van der Waals surface area contributed by atoms with Gasteiger partial charge in [0.25, 0.3) is 0 Å². The first-order valence-corrected chi connectivity index (χ1v) is 16.2. The number of aryl methyl sites for hydroxylation is 2. The van der Waals surface area contributed by atoms with Crippen LogP contribution in [0.1, 0.15) is 17.5 Å². The Labute approximate surface area is 275 Å². The first-order chi connectivity index (χ1) is 21.4. The first kappa shape index (κ1) is 40.9. The Morgan fingerprint density at radius 3 is 1.25 bits per heavy atom. The SMILES string of the molecule is O.O.O.O=S(=O)([O-])c1ccc(O)c2ncccc12.O=S(=O)([O-])c1ccc(O)c2ncccc12.c1cc(CCCc2cc[nH+]cc2)cc[nH+]1. The Kier molecular flexibility index (Phi) is 15.6. The van der Waals surface area contributed by atoms with Gasteiger partial charge < -0.3 is 35.7 Å². The van der Waals surface area contributed by atoms with Gasteiger partial charge in [0.05, 0.1) is 9.79 Å². The molecule has 0 saturated carbocycles. The maximum atomic E-state index is 10.9. The molecule has 0 aliphatic heterocycles. The van der Waals surface area contributed by atoms with Crippen molar-refractivity contribution in [3.63, 3.8) is 0 Å². The van der Waals surface area contributed by atoms with E-state index in [2.05, 4.69) is 44.2 Å². The Morgan fingerprint density at radius 2 is 0.917 bits per heavy atom. The van der Waals surface area contributed by atoms with Gasteiger partial charge in [-0.25, -0.2) is 26.8 Å². The number of fused-ring (bicyclic) bond motifs is 2. The average Bonchev–Trinajstić information content (AvgIpc) is 3.02. The largest absolute Gasteiger partial charge is 0.744 e. The molecule has 48 heavy (non-hydrogen) atoms. The number of aromatic amines is 2. The fraction of sp³-hybridized carbons (Fsp3) is 0.0968. The van der Waals surface area contributed by atoms with Crippen LogP contribution in [0.15, 0.2) is 120 Å². The number of nitrogens with zero attached hydrogens (tertiary/aromatic N) is 2. The molecule has 0 aliphatic carbocycles. The van der Waals surface area contributed by atoms with E-state index in [0.717, 1.165) is 37.1 Å². The molecule has 0 radical (unpaired) electrons. The maximum absolute atomic E-state index is 10.9. The zero-order valence-corrected chi connectivity index (χ0v) is 26.7. The van der Waals surface area contributed by atoms with Gasteiger partial charge in [0.15, 0.2) is 24.8 Å². The Hall–Kier alpha value is -5.14. The number of phenols is 2. The van der Waals surface area contributed by atoms with E-state index in [-0.39, 0.29) is 59.5 Å². The van der Waals surface area contributed by atoms with Crippen LogP contribution in [0.2, 0.25) is 0 Å². The predicted octanol–water partition coefficient (Wildman–Crippen LogP) is 0.705. The topological polar surface area (TPSA) is 303 Å². The molecule has 6 rings (SSSR count). The molecule has 2 aromatic carbocycles. The lowest BCUT2D eigenvalue weighted by molar-refractivity contribution is -0.378. The lowest BCUT2D eigenvalue weighted by Crippen LogP contribution is -2.00. The first-order valence-electron chi connectivity index (χ1n) is 13.4. The number of benzene rings is 2. The third-order valence-corrected chi connectivity index (χ3v) is 8.25. The van der Waals surface area contributed by atoms with Gasteiger partial charge in [-0.2, -0.15) is 0 Å². The van der Waals surface area contributed by atoms with Crippen molar-refractivity contribution in [3.05, 3.63) is 121 Å². The molecular weight excluding hydrogens is 668 g/mol. The summed E-state index contributed by atoms with van der Waals surface area (Å²) in [6.07, 6.45) is 14.2. The number of rotatable bonds is 6. The number of aromatic hydroxyl groups is 2. The van der Waals surface area contributed by atoms with Gasteiger partial charge in [0, 0.05) is 47.4 Å². The third kappa shape index (κ3) is 11.0. The highest BCUT2D eigenvalue weighted by Crippen LogP contribution is 2.29. The number of pyridine rings is 4. The van der Waals surface area contributed by atoms with Crippen LogP contribution in [-0.4, -0.2) is 62.6 Å². The minimum Gasteiger partial charge on any atom is -0.744 e. The second-order valence-corrected chi connectivity index (χ2v) is 12.2. The third-order valence-electron chi connectivity index (χ3n) is 6.46. The van der Waals surface area contributed by atoms with Crippen LogP contribution in [0.3, 0.4) is 0 Å². The molecule has 0 bridgehead atoms. The molecule has 17 heteroatoms. The highest BCUT2D eigenvalue weighted by molar-refractivity contribution is 7.86. The van der Waals surface area contributed by atoms with Gasteiger partial charge in [-0.05, 0) is 78.9 Å². The van der Waals surface area contributed by atoms with Crippen molar-refractivity contribution in [1.29, 1.82) is 0 Å². The van der Waals surface area contributed by atoms with E-state index in [4.69, 9.17) is 0 Å². The summed E-state index contributed by atoms with van der Waals surface area (Å²) in [5, 5.41) is 19.1. The molecule has 256 valence electrons. The van der Waals surface area contributed by atoms with E-state index in [9.17, 15) is 36.2 Å². The molecule has 0 atom stereocenters. The quantitative estimate of drug-likeness (QED) is 0.229. The van der Waals surface area contributed by atoms with Crippen LogP contribution < -0.4 is 9.97 Å². The van der Waals surface area contributed by atoms with Crippen LogP contribution in [0, 0.1) is 0 Å². The van der Waals surface area contributed by atoms with Crippen molar-refractivity contribution in [3.8, 4) is 11.5 Å². The Bertz CT molecular complexity index is 1970. The average molecular weight is 703 g/mol. The highest BCUT2D eigenvalue weighted by atomic mass is 32.2. The highest BCUT2D eigenvalue weighted by Gasteiger charge is 2.11. The van der Waals surface area contributed by atoms with E-state index >= 15 is 0 Å². The van der Waals surface area contributed by atoms with Crippen molar-refractivity contribution in [2.24, 2.45) is 0 Å². The molecular formula is C31H34N4O11S2. The number of nitrogens with one attached hydrogen (secondary N) is 2. The lowest BCUT2D eigenvalue weighted by Gasteiger charge is -2.10. The molecule has 0 unspecified atom stereocenters. The zero-order chi connectivity index (χ0) is 32.5. The number of hydrogen-bond acceptors (Lipinski definition) is 10. The molecule has 0 saturated heterocycles. The van der Waals surface area contributed by atoms with Gasteiger partial charge in [0.2, 0.25) is 0 Å². The van der Waals surface area contributed by atoms with Gasteiger partial charge in [0.1, 0.15) is 42.8 Å².